The Hall–Kier alpha value is -0.0800. The van der Waals surface area contributed by atoms with E-state index in [1.807, 2.05) is 14.1 Å². The minimum Gasteiger partial charge on any atom is -0.366 e. The van der Waals surface area contributed by atoms with Gasteiger partial charge in [-0.25, -0.2) is 0 Å². The van der Waals surface area contributed by atoms with Crippen molar-refractivity contribution in [2.75, 3.05) is 21.2 Å². The summed E-state index contributed by atoms with van der Waals surface area (Å²) in [5.41, 5.74) is 0. The number of ether oxygens (including phenoxy) is 1. The Balaban J connectivity index is 3.80. The van der Waals surface area contributed by atoms with Crippen LogP contribution in [0.3, 0.4) is 0 Å². The molecule has 0 fully saturated rings. The van der Waals surface area contributed by atoms with Gasteiger partial charge in [0.1, 0.15) is 6.23 Å². The van der Waals surface area contributed by atoms with Gasteiger partial charge in [0.05, 0.1) is 0 Å². The number of hydrogen-bond donors (Lipinski definition) is 0. The summed E-state index contributed by atoms with van der Waals surface area (Å²) in [7, 11) is 5.84. The molecule has 0 aliphatic carbocycles. The molecular weight excluding hydrogens is 126 g/mol. The van der Waals surface area contributed by atoms with Crippen LogP contribution in [0.1, 0.15) is 20.3 Å². The molecule has 0 rings (SSSR count). The summed E-state index contributed by atoms with van der Waals surface area (Å²) in [6.45, 7) is 4.38. The highest BCUT2D eigenvalue weighted by Gasteiger charge is 2.15. The number of rotatable bonds is 4. The van der Waals surface area contributed by atoms with E-state index in [1.165, 1.54) is 0 Å². The molecule has 0 N–H and O–H groups in total. The van der Waals surface area contributed by atoms with Gasteiger partial charge in [-0.05, 0) is 26.4 Å². The van der Waals surface area contributed by atoms with Gasteiger partial charge in [0, 0.05) is 7.11 Å². The van der Waals surface area contributed by atoms with Crippen molar-refractivity contribution in [1.82, 2.24) is 4.90 Å². The maximum absolute atomic E-state index is 5.29. The smallest absolute Gasteiger partial charge is 0.112 e. The van der Waals surface area contributed by atoms with Crippen LogP contribution in [0.15, 0.2) is 0 Å². The van der Waals surface area contributed by atoms with Crippen LogP contribution in [0.5, 0.6) is 0 Å². The summed E-state index contributed by atoms with van der Waals surface area (Å²) in [5, 5.41) is 0. The molecule has 0 radical (unpaired) electrons. The molecule has 2 unspecified atom stereocenters. The van der Waals surface area contributed by atoms with Crippen LogP contribution in [-0.4, -0.2) is 32.3 Å². The van der Waals surface area contributed by atoms with Crippen molar-refractivity contribution >= 4 is 0 Å². The zero-order valence-electron chi connectivity index (χ0n) is 7.72. The summed E-state index contributed by atoms with van der Waals surface area (Å²) in [6.07, 6.45) is 1.43. The molecule has 0 saturated carbocycles. The summed E-state index contributed by atoms with van der Waals surface area (Å²) in [4.78, 5) is 2.11. The zero-order chi connectivity index (χ0) is 8.15. The topological polar surface area (TPSA) is 12.5 Å². The molecule has 0 spiro atoms. The monoisotopic (exact) mass is 145 g/mol. The minimum absolute atomic E-state index is 0.269. The summed E-state index contributed by atoms with van der Waals surface area (Å²) in [5.74, 6) is 0.611. The molecule has 2 atom stereocenters. The van der Waals surface area contributed by atoms with E-state index in [0.29, 0.717) is 5.92 Å². The molecule has 0 aliphatic heterocycles. The van der Waals surface area contributed by atoms with E-state index in [9.17, 15) is 0 Å². The summed E-state index contributed by atoms with van der Waals surface area (Å²) in [6, 6.07) is 0. The molecule has 10 heavy (non-hydrogen) atoms. The van der Waals surface area contributed by atoms with Crippen LogP contribution in [0.2, 0.25) is 0 Å². The molecule has 2 heteroatoms. The van der Waals surface area contributed by atoms with E-state index in [4.69, 9.17) is 4.74 Å². The molecule has 0 amide bonds. The first-order valence-corrected chi connectivity index (χ1v) is 3.82. The predicted molar refractivity (Wildman–Crippen MR) is 43.9 cm³/mol. The van der Waals surface area contributed by atoms with Crippen LogP contribution in [0.25, 0.3) is 0 Å². The Labute approximate surface area is 64.2 Å². The van der Waals surface area contributed by atoms with Crippen molar-refractivity contribution in [3.05, 3.63) is 0 Å². The highest BCUT2D eigenvalue weighted by molar-refractivity contribution is 4.60. The number of nitrogens with zero attached hydrogens (tertiary/aromatic N) is 1. The van der Waals surface area contributed by atoms with Crippen LogP contribution < -0.4 is 0 Å². The van der Waals surface area contributed by atoms with Crippen LogP contribution in [0, 0.1) is 5.92 Å². The molecule has 0 heterocycles. The molecule has 0 aliphatic rings. The SMILES string of the molecule is CCC(C)C(OC)N(C)C. The van der Waals surface area contributed by atoms with Gasteiger partial charge in [-0.1, -0.05) is 13.8 Å². The predicted octanol–water partition coefficient (Wildman–Crippen LogP) is 1.57. The first kappa shape index (κ1) is 9.92. The second-order valence-corrected chi connectivity index (χ2v) is 2.98. The lowest BCUT2D eigenvalue weighted by molar-refractivity contribution is -0.0418. The van der Waals surface area contributed by atoms with Crippen molar-refractivity contribution in [1.29, 1.82) is 0 Å². The third kappa shape index (κ3) is 2.67. The van der Waals surface area contributed by atoms with Gasteiger partial charge < -0.3 is 4.74 Å². The molecule has 0 aromatic carbocycles. The third-order valence-electron chi connectivity index (χ3n) is 1.88. The van der Waals surface area contributed by atoms with E-state index in [-0.39, 0.29) is 6.23 Å². The van der Waals surface area contributed by atoms with Gasteiger partial charge in [-0.15, -0.1) is 0 Å². The molecule has 0 saturated heterocycles. The Bertz CT molecular complexity index is 83.3. The van der Waals surface area contributed by atoms with E-state index >= 15 is 0 Å². The molecular formula is C8H19NO. The Kier molecular flexibility index (Phi) is 4.65. The third-order valence-corrected chi connectivity index (χ3v) is 1.88. The van der Waals surface area contributed by atoms with Gasteiger partial charge in [-0.2, -0.15) is 0 Å². The first-order chi connectivity index (χ1) is 4.63. The highest BCUT2D eigenvalue weighted by atomic mass is 16.5. The zero-order valence-corrected chi connectivity index (χ0v) is 7.72. The van der Waals surface area contributed by atoms with Crippen LogP contribution in [0.4, 0.5) is 0 Å². The standard InChI is InChI=1S/C8H19NO/c1-6-7(2)8(10-5)9(3)4/h7-8H,6H2,1-5H3. The number of hydrogen-bond acceptors (Lipinski definition) is 2. The van der Waals surface area contributed by atoms with Gasteiger partial charge in [0.25, 0.3) is 0 Å². The largest absolute Gasteiger partial charge is 0.366 e. The average Bonchev–Trinajstić information content (AvgIpc) is 1.88. The fourth-order valence-corrected chi connectivity index (χ4v) is 1.15. The maximum Gasteiger partial charge on any atom is 0.112 e. The second-order valence-electron chi connectivity index (χ2n) is 2.98. The van der Waals surface area contributed by atoms with Gasteiger partial charge in [0.15, 0.2) is 0 Å². The second kappa shape index (κ2) is 4.69. The molecule has 0 bridgehead atoms. The highest BCUT2D eigenvalue weighted by Crippen LogP contribution is 2.11. The summed E-state index contributed by atoms with van der Waals surface area (Å²) < 4.78 is 5.29. The van der Waals surface area contributed by atoms with Crippen molar-refractivity contribution < 1.29 is 4.74 Å². The molecule has 0 aromatic heterocycles. The van der Waals surface area contributed by atoms with E-state index in [1.54, 1.807) is 7.11 Å². The molecule has 0 aromatic rings. The van der Waals surface area contributed by atoms with E-state index < -0.39 is 0 Å². The fourth-order valence-electron chi connectivity index (χ4n) is 1.15. The average molecular weight is 145 g/mol. The Morgan fingerprint density at radius 3 is 2.00 bits per heavy atom. The molecule has 62 valence electrons. The minimum atomic E-state index is 0.269. The lowest BCUT2D eigenvalue weighted by Gasteiger charge is -2.27. The maximum atomic E-state index is 5.29. The van der Waals surface area contributed by atoms with Crippen LogP contribution >= 0.6 is 0 Å². The fraction of sp³-hybridized carbons (Fsp3) is 1.00. The lowest BCUT2D eigenvalue weighted by atomic mass is 10.1. The van der Waals surface area contributed by atoms with Crippen molar-refractivity contribution in [3.63, 3.8) is 0 Å². The first-order valence-electron chi connectivity index (χ1n) is 3.82. The Morgan fingerprint density at radius 2 is 1.90 bits per heavy atom. The lowest BCUT2D eigenvalue weighted by Crippen LogP contribution is -2.35. The van der Waals surface area contributed by atoms with Crippen molar-refractivity contribution in [2.45, 2.75) is 26.5 Å². The molecule has 2 nitrogen and oxygen atoms in total. The van der Waals surface area contributed by atoms with Crippen molar-refractivity contribution in [2.24, 2.45) is 5.92 Å². The van der Waals surface area contributed by atoms with Crippen LogP contribution in [-0.2, 0) is 4.74 Å². The quantitative estimate of drug-likeness (QED) is 0.557. The number of methoxy groups -OCH3 is 1. The summed E-state index contributed by atoms with van der Waals surface area (Å²) >= 11 is 0. The van der Waals surface area contributed by atoms with Gasteiger partial charge in [0.2, 0.25) is 0 Å². The van der Waals surface area contributed by atoms with E-state index in [2.05, 4.69) is 18.7 Å². The van der Waals surface area contributed by atoms with Gasteiger partial charge >= 0.3 is 0 Å². The van der Waals surface area contributed by atoms with E-state index in [0.717, 1.165) is 6.42 Å². The van der Waals surface area contributed by atoms with Gasteiger partial charge in [-0.3, -0.25) is 4.90 Å². The normalized spacial score (nSPS) is 17.4. The Morgan fingerprint density at radius 1 is 1.40 bits per heavy atom. The van der Waals surface area contributed by atoms with Crippen molar-refractivity contribution in [3.8, 4) is 0 Å².